The second kappa shape index (κ2) is 7.73. The van der Waals surface area contributed by atoms with Gasteiger partial charge in [0.15, 0.2) is 0 Å². The molecule has 0 bridgehead atoms. The zero-order valence-electron chi connectivity index (χ0n) is 10.8. The van der Waals surface area contributed by atoms with E-state index in [1.165, 1.54) is 0 Å². The van der Waals surface area contributed by atoms with E-state index >= 15 is 0 Å². The van der Waals surface area contributed by atoms with Crippen LogP contribution in [-0.4, -0.2) is 11.7 Å². The Labute approximate surface area is 126 Å². The summed E-state index contributed by atoms with van der Waals surface area (Å²) in [7, 11) is 0. The molecule has 0 unspecified atom stereocenters. The number of thiophene rings is 1. The summed E-state index contributed by atoms with van der Waals surface area (Å²) in [6, 6.07) is 13.6. The molecule has 0 radical (unpaired) electrons. The first-order chi connectivity index (χ1) is 9.78. The summed E-state index contributed by atoms with van der Waals surface area (Å²) >= 11 is 3.19. The third kappa shape index (κ3) is 4.72. The zero-order valence-corrected chi connectivity index (χ0v) is 12.5. The van der Waals surface area contributed by atoms with Gasteiger partial charge in [0.05, 0.1) is 23.9 Å². The van der Waals surface area contributed by atoms with E-state index in [9.17, 15) is 4.79 Å². The average molecular weight is 302 g/mol. The molecule has 20 heavy (non-hydrogen) atoms. The Bertz CT molecular complexity index is 603. The third-order valence-electron chi connectivity index (χ3n) is 2.60. The highest BCUT2D eigenvalue weighted by molar-refractivity contribution is 7.99. The molecule has 0 aliphatic heterocycles. The van der Waals surface area contributed by atoms with E-state index in [2.05, 4.69) is 11.4 Å². The van der Waals surface area contributed by atoms with Crippen molar-refractivity contribution in [2.45, 2.75) is 12.3 Å². The van der Waals surface area contributed by atoms with Crippen LogP contribution in [0.5, 0.6) is 0 Å². The molecule has 1 N–H and O–H groups in total. The van der Waals surface area contributed by atoms with Gasteiger partial charge in [0.2, 0.25) is 5.91 Å². The second-order valence-corrected chi connectivity index (χ2v) is 6.18. The van der Waals surface area contributed by atoms with Crippen molar-refractivity contribution < 1.29 is 4.79 Å². The van der Waals surface area contributed by atoms with Crippen molar-refractivity contribution in [1.29, 1.82) is 5.26 Å². The Hall–Kier alpha value is -1.77. The fourth-order valence-electron chi connectivity index (χ4n) is 1.64. The molecule has 1 aromatic carbocycles. The van der Waals surface area contributed by atoms with Gasteiger partial charge < -0.3 is 5.32 Å². The summed E-state index contributed by atoms with van der Waals surface area (Å²) in [6.07, 6.45) is 0. The second-order valence-electron chi connectivity index (χ2n) is 4.16. The quantitative estimate of drug-likeness (QED) is 0.891. The molecule has 0 saturated carbocycles. The molecule has 1 heterocycles. The fraction of sp³-hybridized carbons (Fsp3) is 0.200. The predicted molar refractivity (Wildman–Crippen MR) is 83.5 cm³/mol. The maximum absolute atomic E-state index is 11.7. The van der Waals surface area contributed by atoms with Gasteiger partial charge in [-0.3, -0.25) is 4.79 Å². The molecule has 102 valence electrons. The topological polar surface area (TPSA) is 52.9 Å². The summed E-state index contributed by atoms with van der Waals surface area (Å²) in [5.74, 6) is 1.21. The smallest absolute Gasteiger partial charge is 0.230 e. The standard InChI is InChI=1S/C15H14N2OS2/c16-8-12-3-1-4-13(7-12)10-19-11-15(18)17-9-14-5-2-6-20-14/h1-7H,9-11H2,(H,17,18). The lowest BCUT2D eigenvalue weighted by atomic mass is 10.2. The maximum atomic E-state index is 11.7. The first-order valence-corrected chi connectivity index (χ1v) is 8.17. The molecule has 0 atom stereocenters. The van der Waals surface area contributed by atoms with Crippen LogP contribution in [0.15, 0.2) is 41.8 Å². The summed E-state index contributed by atoms with van der Waals surface area (Å²) in [4.78, 5) is 12.8. The van der Waals surface area contributed by atoms with Crippen LogP contribution in [0.3, 0.4) is 0 Å². The number of amides is 1. The lowest BCUT2D eigenvalue weighted by Gasteiger charge is -2.04. The monoisotopic (exact) mass is 302 g/mol. The van der Waals surface area contributed by atoms with Crippen LogP contribution in [0.1, 0.15) is 16.0 Å². The van der Waals surface area contributed by atoms with Gasteiger partial charge in [-0.15, -0.1) is 23.1 Å². The van der Waals surface area contributed by atoms with Crippen LogP contribution < -0.4 is 5.32 Å². The van der Waals surface area contributed by atoms with Crippen molar-refractivity contribution in [3.63, 3.8) is 0 Å². The Kier molecular flexibility index (Phi) is 5.66. The Morgan fingerprint density at radius 3 is 3.00 bits per heavy atom. The molecule has 5 heteroatoms. The van der Waals surface area contributed by atoms with Gasteiger partial charge in [-0.2, -0.15) is 5.26 Å². The van der Waals surface area contributed by atoms with E-state index in [0.717, 1.165) is 16.2 Å². The van der Waals surface area contributed by atoms with Crippen molar-refractivity contribution in [1.82, 2.24) is 5.32 Å². The molecule has 1 aromatic heterocycles. The molecule has 0 aliphatic carbocycles. The van der Waals surface area contributed by atoms with E-state index in [-0.39, 0.29) is 5.91 Å². The highest BCUT2D eigenvalue weighted by Gasteiger charge is 2.03. The van der Waals surface area contributed by atoms with Gasteiger partial charge in [-0.25, -0.2) is 0 Å². The van der Waals surface area contributed by atoms with E-state index in [4.69, 9.17) is 5.26 Å². The van der Waals surface area contributed by atoms with Gasteiger partial charge in [0.1, 0.15) is 0 Å². The Balaban J connectivity index is 1.70. The van der Waals surface area contributed by atoms with Gasteiger partial charge in [0, 0.05) is 10.6 Å². The minimum atomic E-state index is 0.0415. The lowest BCUT2D eigenvalue weighted by Crippen LogP contribution is -2.24. The number of rotatable bonds is 6. The predicted octanol–water partition coefficient (Wildman–Crippen LogP) is 3.17. The molecule has 0 spiro atoms. The van der Waals surface area contributed by atoms with Crippen LogP contribution in [0.4, 0.5) is 0 Å². The van der Waals surface area contributed by atoms with Crippen LogP contribution >= 0.6 is 23.1 Å². The van der Waals surface area contributed by atoms with Crippen LogP contribution in [0.2, 0.25) is 0 Å². The number of thioether (sulfide) groups is 1. The number of hydrogen-bond acceptors (Lipinski definition) is 4. The van der Waals surface area contributed by atoms with Crippen molar-refractivity contribution in [2.24, 2.45) is 0 Å². The summed E-state index contributed by atoms with van der Waals surface area (Å²) in [5, 5.41) is 13.7. The molecular formula is C15H14N2OS2. The van der Waals surface area contributed by atoms with Crippen molar-refractivity contribution in [3.05, 3.63) is 57.8 Å². The van der Waals surface area contributed by atoms with E-state index in [0.29, 0.717) is 17.9 Å². The SMILES string of the molecule is N#Cc1cccc(CSCC(=O)NCc2cccs2)c1. The van der Waals surface area contributed by atoms with E-state index in [1.807, 2.05) is 35.7 Å². The van der Waals surface area contributed by atoms with Crippen molar-refractivity contribution >= 4 is 29.0 Å². The number of nitriles is 1. The molecule has 2 aromatic rings. The molecule has 0 saturated heterocycles. The number of carbonyl (C=O) groups excluding carboxylic acids is 1. The summed E-state index contributed by atoms with van der Waals surface area (Å²) in [5.41, 5.74) is 1.73. The average Bonchev–Trinajstić information content (AvgIpc) is 2.99. The molecule has 0 fully saturated rings. The van der Waals surface area contributed by atoms with E-state index in [1.54, 1.807) is 29.2 Å². The molecule has 2 rings (SSSR count). The lowest BCUT2D eigenvalue weighted by molar-refractivity contribution is -0.118. The fourth-order valence-corrected chi connectivity index (χ4v) is 3.09. The first-order valence-electron chi connectivity index (χ1n) is 6.14. The minimum absolute atomic E-state index is 0.0415. The van der Waals surface area contributed by atoms with E-state index < -0.39 is 0 Å². The first kappa shape index (κ1) is 14.6. The largest absolute Gasteiger partial charge is 0.350 e. The summed E-state index contributed by atoms with van der Waals surface area (Å²) in [6.45, 7) is 0.598. The van der Waals surface area contributed by atoms with Crippen molar-refractivity contribution in [3.8, 4) is 6.07 Å². The Morgan fingerprint density at radius 1 is 1.35 bits per heavy atom. The van der Waals surface area contributed by atoms with Crippen LogP contribution in [0, 0.1) is 11.3 Å². The number of nitrogens with zero attached hydrogens (tertiary/aromatic N) is 1. The van der Waals surface area contributed by atoms with Gasteiger partial charge in [-0.1, -0.05) is 18.2 Å². The number of benzene rings is 1. The van der Waals surface area contributed by atoms with Crippen LogP contribution in [-0.2, 0) is 17.1 Å². The minimum Gasteiger partial charge on any atom is -0.350 e. The molecule has 3 nitrogen and oxygen atoms in total. The van der Waals surface area contributed by atoms with Gasteiger partial charge in [-0.05, 0) is 29.1 Å². The highest BCUT2D eigenvalue weighted by atomic mass is 32.2. The normalized spacial score (nSPS) is 9.95. The zero-order chi connectivity index (χ0) is 14.2. The number of carbonyl (C=O) groups is 1. The maximum Gasteiger partial charge on any atom is 0.230 e. The van der Waals surface area contributed by atoms with Gasteiger partial charge in [0.25, 0.3) is 0 Å². The Morgan fingerprint density at radius 2 is 2.25 bits per heavy atom. The van der Waals surface area contributed by atoms with Gasteiger partial charge >= 0.3 is 0 Å². The molecule has 0 aliphatic rings. The highest BCUT2D eigenvalue weighted by Crippen LogP contribution is 2.13. The third-order valence-corrected chi connectivity index (χ3v) is 4.48. The summed E-state index contributed by atoms with van der Waals surface area (Å²) < 4.78 is 0. The van der Waals surface area contributed by atoms with Crippen LogP contribution in [0.25, 0.3) is 0 Å². The number of hydrogen-bond donors (Lipinski definition) is 1. The number of nitrogens with one attached hydrogen (secondary N) is 1. The molecular weight excluding hydrogens is 288 g/mol. The van der Waals surface area contributed by atoms with Crippen molar-refractivity contribution in [2.75, 3.05) is 5.75 Å². The molecule has 1 amide bonds.